The summed E-state index contributed by atoms with van der Waals surface area (Å²) in [5, 5.41) is 11.2. The fourth-order valence-electron chi connectivity index (χ4n) is 1.89. The van der Waals surface area contributed by atoms with Crippen molar-refractivity contribution >= 4 is 11.6 Å². The lowest BCUT2D eigenvalue weighted by atomic mass is 10.3. The highest BCUT2D eigenvalue weighted by molar-refractivity contribution is 5.91. The van der Waals surface area contributed by atoms with E-state index in [1.54, 1.807) is 30.8 Å². The van der Waals surface area contributed by atoms with Gasteiger partial charge in [-0.05, 0) is 19.1 Å². The molecule has 0 aliphatic carbocycles. The summed E-state index contributed by atoms with van der Waals surface area (Å²) in [5.74, 6) is -0.606. The van der Waals surface area contributed by atoms with Gasteiger partial charge in [0.1, 0.15) is 12.3 Å². The first-order valence-electron chi connectivity index (χ1n) is 5.81. The molecule has 0 spiro atoms. The number of nitrogens with zero attached hydrogens (tertiary/aromatic N) is 2. The highest BCUT2D eigenvalue weighted by Gasteiger charge is 2.17. The smallest absolute Gasteiger partial charge is 0.295 e. The largest absolute Gasteiger partial charge is 0.387 e. The van der Waals surface area contributed by atoms with Crippen LogP contribution in [0.15, 0.2) is 35.1 Å². The van der Waals surface area contributed by atoms with Crippen LogP contribution in [-0.4, -0.2) is 27.0 Å². The normalized spacial score (nSPS) is 10.5. The second-order valence-electron chi connectivity index (χ2n) is 4.14. The average Bonchev–Trinajstić information content (AvgIpc) is 2.63. The third-order valence-corrected chi connectivity index (χ3v) is 2.96. The fourth-order valence-corrected chi connectivity index (χ4v) is 1.89. The number of aliphatic hydroxyl groups excluding tert-OH is 1. The number of aromatic nitrogens is 2. The summed E-state index contributed by atoms with van der Waals surface area (Å²) in [7, 11) is 1.73. The number of aliphatic hydroxyl groups is 1. The number of nitrogens with one attached hydrogen (secondary N) is 1. The highest BCUT2D eigenvalue weighted by atomic mass is 16.3. The van der Waals surface area contributed by atoms with Gasteiger partial charge >= 0.3 is 0 Å². The lowest BCUT2D eigenvalue weighted by molar-refractivity contribution is -0.118. The molecule has 0 unspecified atom stereocenters. The molecule has 0 aliphatic rings. The van der Waals surface area contributed by atoms with Crippen LogP contribution in [0.5, 0.6) is 0 Å². The summed E-state index contributed by atoms with van der Waals surface area (Å²) in [5.41, 5.74) is 1.19. The molecule has 19 heavy (non-hydrogen) atoms. The number of hydrogen-bond donors (Lipinski definition) is 2. The minimum Gasteiger partial charge on any atom is -0.387 e. The maximum atomic E-state index is 12.3. The zero-order valence-corrected chi connectivity index (χ0v) is 10.8. The average molecular weight is 261 g/mol. The Hall–Kier alpha value is -2.34. The Morgan fingerprint density at radius 3 is 2.53 bits per heavy atom. The Kier molecular flexibility index (Phi) is 3.52. The summed E-state index contributed by atoms with van der Waals surface area (Å²) >= 11 is 0. The summed E-state index contributed by atoms with van der Waals surface area (Å²) in [6.07, 6.45) is 0. The van der Waals surface area contributed by atoms with Gasteiger partial charge in [-0.2, -0.15) is 0 Å². The van der Waals surface area contributed by atoms with Gasteiger partial charge in [-0.3, -0.25) is 14.3 Å². The molecule has 1 heterocycles. The molecule has 0 fully saturated rings. The van der Waals surface area contributed by atoms with E-state index in [9.17, 15) is 9.59 Å². The van der Waals surface area contributed by atoms with E-state index < -0.39 is 12.5 Å². The molecule has 0 atom stereocenters. The van der Waals surface area contributed by atoms with E-state index in [1.165, 1.54) is 4.68 Å². The van der Waals surface area contributed by atoms with Crippen LogP contribution in [0, 0.1) is 6.92 Å². The maximum absolute atomic E-state index is 12.3. The van der Waals surface area contributed by atoms with Crippen LogP contribution in [0.25, 0.3) is 5.69 Å². The Morgan fingerprint density at radius 2 is 1.95 bits per heavy atom. The van der Waals surface area contributed by atoms with E-state index in [2.05, 4.69) is 5.32 Å². The van der Waals surface area contributed by atoms with Crippen LogP contribution in [-0.2, 0) is 11.8 Å². The van der Waals surface area contributed by atoms with Gasteiger partial charge in [0.2, 0.25) is 5.91 Å². The molecule has 0 aliphatic heterocycles. The van der Waals surface area contributed by atoms with E-state index in [4.69, 9.17) is 5.11 Å². The van der Waals surface area contributed by atoms with Crippen molar-refractivity contribution in [2.75, 3.05) is 11.9 Å². The number of carbonyl (C=O) groups is 1. The molecule has 2 N–H and O–H groups in total. The maximum Gasteiger partial charge on any atom is 0.295 e. The van der Waals surface area contributed by atoms with Gasteiger partial charge in [-0.15, -0.1) is 0 Å². The third kappa shape index (κ3) is 2.30. The van der Waals surface area contributed by atoms with Crippen molar-refractivity contribution in [1.29, 1.82) is 0 Å². The molecule has 2 rings (SSSR count). The first-order chi connectivity index (χ1) is 9.06. The van der Waals surface area contributed by atoms with Crippen LogP contribution in [0.1, 0.15) is 5.69 Å². The molecule has 1 aromatic heterocycles. The number of rotatable bonds is 3. The zero-order valence-electron chi connectivity index (χ0n) is 10.8. The van der Waals surface area contributed by atoms with Gasteiger partial charge in [0.25, 0.3) is 5.56 Å². The lowest BCUT2D eigenvalue weighted by Gasteiger charge is -2.07. The quantitative estimate of drug-likeness (QED) is 0.840. The molecule has 0 radical (unpaired) electrons. The van der Waals surface area contributed by atoms with E-state index in [0.29, 0.717) is 11.4 Å². The molecule has 6 nitrogen and oxygen atoms in total. The molecular weight excluding hydrogens is 246 g/mol. The van der Waals surface area contributed by atoms with Crippen LogP contribution in [0.4, 0.5) is 5.69 Å². The molecule has 1 aromatic carbocycles. The molecule has 6 heteroatoms. The van der Waals surface area contributed by atoms with Crippen molar-refractivity contribution in [3.8, 4) is 5.69 Å². The van der Waals surface area contributed by atoms with Crippen LogP contribution >= 0.6 is 0 Å². The van der Waals surface area contributed by atoms with Crippen molar-refractivity contribution in [3.05, 3.63) is 46.4 Å². The number of hydrogen-bond acceptors (Lipinski definition) is 3. The first kappa shape index (κ1) is 13.1. The Morgan fingerprint density at radius 1 is 1.32 bits per heavy atom. The lowest BCUT2D eigenvalue weighted by Crippen LogP contribution is -2.24. The van der Waals surface area contributed by atoms with Crippen LogP contribution < -0.4 is 10.9 Å². The van der Waals surface area contributed by atoms with Gasteiger partial charge in [0.05, 0.1) is 11.4 Å². The van der Waals surface area contributed by atoms with Crippen molar-refractivity contribution in [1.82, 2.24) is 9.36 Å². The Bertz CT molecular complexity index is 656. The Labute approximate surface area is 109 Å². The summed E-state index contributed by atoms with van der Waals surface area (Å²) in [4.78, 5) is 23.5. The summed E-state index contributed by atoms with van der Waals surface area (Å²) < 4.78 is 3.12. The summed E-state index contributed by atoms with van der Waals surface area (Å²) in [6.45, 7) is 1.08. The number of amides is 1. The van der Waals surface area contributed by atoms with Crippen LogP contribution in [0.2, 0.25) is 0 Å². The van der Waals surface area contributed by atoms with E-state index in [-0.39, 0.29) is 11.2 Å². The standard InChI is InChI=1S/C13H15N3O3/c1-9-12(14-11(18)8-17)13(19)16(15(9)2)10-6-4-3-5-7-10/h3-7,17H,8H2,1-2H3,(H,14,18). The topological polar surface area (TPSA) is 76.3 Å². The predicted octanol–water partition coefficient (Wildman–Crippen LogP) is 0.415. The summed E-state index contributed by atoms with van der Waals surface area (Å²) in [6, 6.07) is 9.13. The van der Waals surface area contributed by atoms with Gasteiger partial charge in [0.15, 0.2) is 0 Å². The fraction of sp³-hybridized carbons (Fsp3) is 0.231. The minimum atomic E-state index is -0.654. The SMILES string of the molecule is Cc1c(NC(=O)CO)c(=O)n(-c2ccccc2)n1C. The number of anilines is 1. The van der Waals surface area contributed by atoms with E-state index in [1.807, 2.05) is 18.2 Å². The first-order valence-corrected chi connectivity index (χ1v) is 5.81. The van der Waals surface area contributed by atoms with Crippen molar-refractivity contribution in [3.63, 3.8) is 0 Å². The number of carbonyl (C=O) groups excluding carboxylic acids is 1. The molecule has 0 saturated heterocycles. The molecule has 2 aromatic rings. The van der Waals surface area contributed by atoms with Gasteiger partial charge in [0, 0.05) is 7.05 Å². The molecular formula is C13H15N3O3. The van der Waals surface area contributed by atoms with Gasteiger partial charge in [-0.1, -0.05) is 18.2 Å². The monoisotopic (exact) mass is 261 g/mol. The second-order valence-corrected chi connectivity index (χ2v) is 4.14. The van der Waals surface area contributed by atoms with Crippen molar-refractivity contribution < 1.29 is 9.90 Å². The van der Waals surface area contributed by atoms with E-state index >= 15 is 0 Å². The molecule has 0 bridgehead atoms. The second kappa shape index (κ2) is 5.11. The zero-order chi connectivity index (χ0) is 14.0. The van der Waals surface area contributed by atoms with Gasteiger partial charge in [-0.25, -0.2) is 4.68 Å². The van der Waals surface area contributed by atoms with Crippen molar-refractivity contribution in [2.45, 2.75) is 6.92 Å². The third-order valence-electron chi connectivity index (χ3n) is 2.96. The van der Waals surface area contributed by atoms with Gasteiger partial charge < -0.3 is 10.4 Å². The molecule has 0 saturated carbocycles. The number of para-hydroxylation sites is 1. The van der Waals surface area contributed by atoms with E-state index in [0.717, 1.165) is 0 Å². The van der Waals surface area contributed by atoms with Crippen LogP contribution in [0.3, 0.4) is 0 Å². The Balaban J connectivity index is 2.56. The molecule has 100 valence electrons. The predicted molar refractivity (Wildman–Crippen MR) is 71.5 cm³/mol. The molecule has 1 amide bonds. The van der Waals surface area contributed by atoms with Crippen molar-refractivity contribution in [2.24, 2.45) is 7.05 Å². The highest BCUT2D eigenvalue weighted by Crippen LogP contribution is 2.13. The number of benzene rings is 1. The minimum absolute atomic E-state index is 0.186.